The molecule has 4 N–H and O–H groups in total. The summed E-state index contributed by atoms with van der Waals surface area (Å²) in [7, 11) is 0. The number of hydrogen-bond acceptors (Lipinski definition) is 6. The Hall–Kier alpha value is -2.16. The Labute approximate surface area is 168 Å². The number of nitrogens with two attached hydrogens (primary N) is 1. The molecule has 27 heavy (non-hydrogen) atoms. The van der Waals surface area contributed by atoms with Gasteiger partial charge in [-0.15, -0.1) is 23.7 Å². The van der Waals surface area contributed by atoms with Gasteiger partial charge < -0.3 is 21.1 Å². The van der Waals surface area contributed by atoms with Gasteiger partial charge in [-0.2, -0.15) is 0 Å². The minimum atomic E-state index is -0.647. The van der Waals surface area contributed by atoms with Crippen LogP contribution in [0.2, 0.25) is 0 Å². The maximum absolute atomic E-state index is 12.0. The minimum absolute atomic E-state index is 0. The maximum atomic E-state index is 12.0. The van der Waals surface area contributed by atoms with Gasteiger partial charge in [0.05, 0.1) is 19.2 Å². The average Bonchev–Trinajstić information content (AvgIpc) is 3.02. The lowest BCUT2D eigenvalue weighted by atomic mass is 10.1. The minimum Gasteiger partial charge on any atom is -0.462 e. The van der Waals surface area contributed by atoms with Crippen LogP contribution in [0.4, 0.5) is 5.69 Å². The summed E-state index contributed by atoms with van der Waals surface area (Å²) < 4.78 is 5.91. The number of nitrogens with one attached hydrogen (secondary N) is 2. The maximum Gasteiger partial charge on any atom is 0.348 e. The molecular weight excluding hydrogens is 390 g/mol. The third-order valence-electron chi connectivity index (χ3n) is 3.72. The van der Waals surface area contributed by atoms with Gasteiger partial charge in [0.2, 0.25) is 11.8 Å². The zero-order valence-corrected chi connectivity index (χ0v) is 17.0. The highest BCUT2D eigenvalue weighted by molar-refractivity contribution is 7.20. The summed E-state index contributed by atoms with van der Waals surface area (Å²) in [6.45, 7) is 5.59. The Morgan fingerprint density at radius 3 is 2.56 bits per heavy atom. The summed E-state index contributed by atoms with van der Waals surface area (Å²) in [6, 6.07) is 6.43. The molecule has 2 amide bonds. The van der Waals surface area contributed by atoms with E-state index in [1.807, 2.05) is 19.9 Å². The Morgan fingerprint density at radius 2 is 1.93 bits per heavy atom. The van der Waals surface area contributed by atoms with Crippen LogP contribution in [-0.4, -0.2) is 37.0 Å². The lowest BCUT2D eigenvalue weighted by molar-refractivity contribution is -0.125. The summed E-state index contributed by atoms with van der Waals surface area (Å²) in [5.41, 5.74) is 6.31. The molecule has 1 heterocycles. The number of carbonyl (C=O) groups excluding carboxylic acids is 3. The molecule has 0 fully saturated rings. The second kappa shape index (κ2) is 10.2. The van der Waals surface area contributed by atoms with Gasteiger partial charge >= 0.3 is 5.97 Å². The van der Waals surface area contributed by atoms with Gasteiger partial charge in [-0.3, -0.25) is 9.59 Å². The number of esters is 1. The molecule has 0 spiro atoms. The zero-order valence-electron chi connectivity index (χ0n) is 15.4. The molecule has 0 bridgehead atoms. The number of thiophene rings is 1. The van der Waals surface area contributed by atoms with Crippen LogP contribution in [0.5, 0.6) is 0 Å². The van der Waals surface area contributed by atoms with E-state index in [9.17, 15) is 14.4 Å². The molecule has 0 aliphatic carbocycles. The molecule has 2 rings (SSSR count). The fraction of sp³-hybridized carbons (Fsp3) is 0.389. The second-order valence-corrected chi connectivity index (χ2v) is 7.20. The van der Waals surface area contributed by atoms with Crippen molar-refractivity contribution in [3.8, 4) is 0 Å². The lowest BCUT2D eigenvalue weighted by Gasteiger charge is -2.15. The first kappa shape index (κ1) is 22.9. The smallest absolute Gasteiger partial charge is 0.348 e. The number of amides is 2. The highest BCUT2D eigenvalue weighted by atomic mass is 35.5. The van der Waals surface area contributed by atoms with Crippen LogP contribution in [0.25, 0.3) is 10.1 Å². The summed E-state index contributed by atoms with van der Waals surface area (Å²) in [4.78, 5) is 36.1. The Balaban J connectivity index is 0.00000364. The normalized spacial score (nSPS) is 11.6. The summed E-state index contributed by atoms with van der Waals surface area (Å²) >= 11 is 1.33. The Kier molecular flexibility index (Phi) is 8.68. The van der Waals surface area contributed by atoms with Crippen LogP contribution in [0.3, 0.4) is 0 Å². The standard InChI is InChI=1S/C18H23N3O4S.ClH/c1-4-25-18(24)14-8-11-7-12(5-6-13(11)26-14)21-15(22)9-20-17(23)16(19)10(2)3;/h5-8,10,16H,4,9,19H2,1-3H3,(H,20,23)(H,21,22);1H/t16-;/m0./s1. The van der Waals surface area contributed by atoms with E-state index in [1.165, 1.54) is 11.3 Å². The van der Waals surface area contributed by atoms with Crippen LogP contribution >= 0.6 is 23.7 Å². The van der Waals surface area contributed by atoms with Gasteiger partial charge in [0.15, 0.2) is 0 Å². The van der Waals surface area contributed by atoms with E-state index in [0.29, 0.717) is 17.2 Å². The number of hydrogen-bond donors (Lipinski definition) is 3. The molecule has 0 aliphatic heterocycles. The van der Waals surface area contributed by atoms with E-state index in [4.69, 9.17) is 10.5 Å². The molecule has 1 atom stereocenters. The Morgan fingerprint density at radius 1 is 1.22 bits per heavy atom. The van der Waals surface area contributed by atoms with Gasteiger partial charge in [-0.05, 0) is 42.5 Å². The van der Waals surface area contributed by atoms with Crippen molar-refractivity contribution in [1.82, 2.24) is 5.32 Å². The van der Waals surface area contributed by atoms with Gasteiger partial charge in [0.25, 0.3) is 0 Å². The third kappa shape index (κ3) is 6.20. The van der Waals surface area contributed by atoms with Crippen molar-refractivity contribution in [2.75, 3.05) is 18.5 Å². The van der Waals surface area contributed by atoms with Crippen molar-refractivity contribution >= 4 is 57.3 Å². The summed E-state index contributed by atoms with van der Waals surface area (Å²) in [5.74, 6) is -1.08. The predicted octanol–water partition coefficient (Wildman–Crippen LogP) is 2.54. The van der Waals surface area contributed by atoms with Crippen LogP contribution in [-0.2, 0) is 14.3 Å². The van der Waals surface area contributed by atoms with Crippen molar-refractivity contribution in [3.05, 3.63) is 29.1 Å². The van der Waals surface area contributed by atoms with Crippen LogP contribution in [0, 0.1) is 5.92 Å². The predicted molar refractivity (Wildman–Crippen MR) is 109 cm³/mol. The number of ether oxygens (including phenoxy) is 1. The zero-order chi connectivity index (χ0) is 19.3. The first-order chi connectivity index (χ1) is 12.3. The van der Waals surface area contributed by atoms with E-state index in [0.717, 1.165) is 10.1 Å². The molecule has 0 saturated heterocycles. The summed E-state index contributed by atoms with van der Waals surface area (Å²) in [6.07, 6.45) is 0. The number of benzene rings is 1. The first-order valence-corrected chi connectivity index (χ1v) is 9.17. The second-order valence-electron chi connectivity index (χ2n) is 6.12. The van der Waals surface area contributed by atoms with E-state index in [-0.39, 0.29) is 42.7 Å². The van der Waals surface area contributed by atoms with Crippen molar-refractivity contribution in [2.24, 2.45) is 11.7 Å². The molecule has 0 aliphatic rings. The molecule has 0 saturated carbocycles. The van der Waals surface area contributed by atoms with Gasteiger partial charge in [-0.1, -0.05) is 13.8 Å². The molecule has 9 heteroatoms. The van der Waals surface area contributed by atoms with E-state index >= 15 is 0 Å². The Bertz CT molecular complexity index is 822. The number of rotatable bonds is 7. The van der Waals surface area contributed by atoms with Crippen molar-refractivity contribution in [1.29, 1.82) is 0 Å². The number of anilines is 1. The first-order valence-electron chi connectivity index (χ1n) is 8.35. The monoisotopic (exact) mass is 413 g/mol. The quantitative estimate of drug-likeness (QED) is 0.604. The van der Waals surface area contributed by atoms with E-state index in [2.05, 4.69) is 10.6 Å². The molecular formula is C18H24ClN3O4S. The molecule has 0 radical (unpaired) electrons. The molecule has 0 unspecified atom stereocenters. The molecule has 2 aromatic rings. The number of fused-ring (bicyclic) bond motifs is 1. The SMILES string of the molecule is CCOC(=O)c1cc2cc(NC(=O)CNC(=O)[C@@H](N)C(C)C)ccc2s1.Cl. The van der Waals surface area contributed by atoms with E-state index < -0.39 is 6.04 Å². The van der Waals surface area contributed by atoms with Gasteiger partial charge in [0.1, 0.15) is 4.88 Å². The lowest BCUT2D eigenvalue weighted by Crippen LogP contribution is -2.46. The van der Waals surface area contributed by atoms with E-state index in [1.54, 1.807) is 25.1 Å². The molecule has 148 valence electrons. The molecule has 1 aromatic carbocycles. The number of carbonyl (C=O) groups is 3. The fourth-order valence-electron chi connectivity index (χ4n) is 2.22. The van der Waals surface area contributed by atoms with Crippen molar-refractivity contribution in [2.45, 2.75) is 26.8 Å². The number of halogens is 1. The van der Waals surface area contributed by atoms with Crippen molar-refractivity contribution < 1.29 is 19.1 Å². The summed E-state index contributed by atoms with van der Waals surface area (Å²) in [5, 5.41) is 6.07. The molecule has 7 nitrogen and oxygen atoms in total. The van der Waals surface area contributed by atoms with Crippen LogP contribution in [0.1, 0.15) is 30.4 Å². The van der Waals surface area contributed by atoms with Gasteiger partial charge in [0, 0.05) is 10.4 Å². The fourth-order valence-corrected chi connectivity index (χ4v) is 3.15. The van der Waals surface area contributed by atoms with Crippen molar-refractivity contribution in [3.63, 3.8) is 0 Å². The third-order valence-corrected chi connectivity index (χ3v) is 4.82. The van der Waals surface area contributed by atoms with Crippen LogP contribution in [0.15, 0.2) is 24.3 Å². The van der Waals surface area contributed by atoms with Crippen LogP contribution < -0.4 is 16.4 Å². The largest absolute Gasteiger partial charge is 0.462 e. The highest BCUT2D eigenvalue weighted by Gasteiger charge is 2.17. The molecule has 1 aromatic heterocycles. The topological polar surface area (TPSA) is 111 Å². The average molecular weight is 414 g/mol. The highest BCUT2D eigenvalue weighted by Crippen LogP contribution is 2.28. The van der Waals surface area contributed by atoms with Gasteiger partial charge in [-0.25, -0.2) is 4.79 Å².